The van der Waals surface area contributed by atoms with Crippen molar-refractivity contribution in [1.82, 2.24) is 0 Å². The van der Waals surface area contributed by atoms with Crippen LogP contribution in [-0.2, 0) is 0 Å². The summed E-state index contributed by atoms with van der Waals surface area (Å²) in [5.74, 6) is -8.87. The Hall–Kier alpha value is -1.36. The van der Waals surface area contributed by atoms with Crippen LogP contribution in [0.2, 0.25) is 0 Å². The first-order valence-electron chi connectivity index (χ1n) is 5.99. The smallest absolute Gasteiger partial charge is 0.339 e. The van der Waals surface area contributed by atoms with Crippen molar-refractivity contribution in [2.75, 3.05) is 0 Å². The number of hydrogen-bond donors (Lipinski definition) is 1. The van der Waals surface area contributed by atoms with Crippen LogP contribution in [0.1, 0.15) is 25.3 Å². The van der Waals surface area contributed by atoms with Crippen LogP contribution in [0.15, 0.2) is 36.4 Å². The van der Waals surface area contributed by atoms with Crippen molar-refractivity contribution >= 4 is 6.08 Å². The van der Waals surface area contributed by atoms with E-state index in [-0.39, 0.29) is 18.9 Å². The van der Waals surface area contributed by atoms with Crippen LogP contribution in [-0.4, -0.2) is 23.1 Å². The summed E-state index contributed by atoms with van der Waals surface area (Å²) in [4.78, 5) is 0. The molecule has 0 aromatic heterocycles. The van der Waals surface area contributed by atoms with Crippen LogP contribution in [0.3, 0.4) is 0 Å². The van der Waals surface area contributed by atoms with Crippen molar-refractivity contribution in [2.45, 2.75) is 37.7 Å². The number of halogens is 4. The fourth-order valence-corrected chi connectivity index (χ4v) is 1.55. The van der Waals surface area contributed by atoms with Crippen LogP contribution in [0, 0.1) is 0 Å². The van der Waals surface area contributed by atoms with Gasteiger partial charge in [-0.15, -0.1) is 0 Å². The number of aliphatic hydroxyl groups is 1. The van der Waals surface area contributed by atoms with Crippen molar-refractivity contribution in [3.05, 3.63) is 42.0 Å². The van der Waals surface area contributed by atoms with Gasteiger partial charge < -0.3 is 5.11 Å². The van der Waals surface area contributed by atoms with Gasteiger partial charge in [0.2, 0.25) is 0 Å². The molecule has 0 fully saturated rings. The molecule has 0 radical (unpaired) electrons. The van der Waals surface area contributed by atoms with Gasteiger partial charge >= 0.3 is 11.8 Å². The molecule has 1 nitrogen and oxygen atoms in total. The first-order chi connectivity index (χ1) is 8.81. The molecule has 1 rings (SSSR count). The average Bonchev–Trinajstić information content (AvgIpc) is 2.38. The summed E-state index contributed by atoms with van der Waals surface area (Å²) in [6.45, 7) is 1.54. The Morgan fingerprint density at radius 3 is 2.26 bits per heavy atom. The summed E-state index contributed by atoms with van der Waals surface area (Å²) >= 11 is 0. The Morgan fingerprint density at radius 1 is 1.16 bits per heavy atom. The molecule has 0 spiro atoms. The predicted octanol–water partition coefficient (Wildman–Crippen LogP) is 4.13. The van der Waals surface area contributed by atoms with E-state index in [0.717, 1.165) is 6.08 Å². The van der Waals surface area contributed by atoms with Crippen LogP contribution in [0.4, 0.5) is 17.6 Å². The van der Waals surface area contributed by atoms with Crippen LogP contribution < -0.4 is 0 Å². The molecule has 0 amide bonds. The lowest BCUT2D eigenvalue weighted by molar-refractivity contribution is -0.230. The number of alkyl halides is 4. The fourth-order valence-electron chi connectivity index (χ4n) is 1.55. The SMILES string of the molecule is CCCC(O)C(F)(F)C(F)(F)/C=C/c1ccccc1. The minimum absolute atomic E-state index is 0.140. The van der Waals surface area contributed by atoms with Gasteiger partial charge in [-0.05, 0) is 18.1 Å². The summed E-state index contributed by atoms with van der Waals surface area (Å²) in [5, 5.41) is 9.15. The number of hydrogen-bond acceptors (Lipinski definition) is 1. The molecule has 0 aliphatic rings. The zero-order valence-corrected chi connectivity index (χ0v) is 10.5. The number of rotatable bonds is 6. The van der Waals surface area contributed by atoms with E-state index in [1.807, 2.05) is 0 Å². The molecular weight excluding hydrogens is 260 g/mol. The Kier molecular flexibility index (Phi) is 5.11. The largest absolute Gasteiger partial charge is 0.387 e. The van der Waals surface area contributed by atoms with E-state index in [1.165, 1.54) is 19.1 Å². The van der Waals surface area contributed by atoms with Gasteiger partial charge in [0.15, 0.2) is 0 Å². The zero-order valence-electron chi connectivity index (χ0n) is 10.5. The highest BCUT2D eigenvalue weighted by Crippen LogP contribution is 2.39. The van der Waals surface area contributed by atoms with Gasteiger partial charge in [0, 0.05) is 0 Å². The molecule has 0 aliphatic heterocycles. The highest BCUT2D eigenvalue weighted by molar-refractivity contribution is 5.50. The topological polar surface area (TPSA) is 20.2 Å². The van der Waals surface area contributed by atoms with Crippen molar-refractivity contribution < 1.29 is 22.7 Å². The molecule has 1 aromatic rings. The van der Waals surface area contributed by atoms with E-state index in [0.29, 0.717) is 5.56 Å². The standard InChI is InChI=1S/C14H16F4O/c1-2-6-12(19)14(17,18)13(15,16)10-9-11-7-4-3-5-8-11/h3-5,7-10,12,19H,2,6H2,1H3/b10-9+. The number of aliphatic hydroxyl groups excluding tert-OH is 1. The second-order valence-electron chi connectivity index (χ2n) is 4.29. The van der Waals surface area contributed by atoms with E-state index >= 15 is 0 Å². The van der Waals surface area contributed by atoms with Gasteiger partial charge in [-0.25, -0.2) is 0 Å². The maximum atomic E-state index is 13.5. The molecule has 19 heavy (non-hydrogen) atoms. The fraction of sp³-hybridized carbons (Fsp3) is 0.429. The molecule has 0 saturated carbocycles. The monoisotopic (exact) mass is 276 g/mol. The van der Waals surface area contributed by atoms with E-state index in [2.05, 4.69) is 0 Å². The van der Waals surface area contributed by atoms with E-state index in [1.54, 1.807) is 18.2 Å². The molecule has 1 aromatic carbocycles. The summed E-state index contributed by atoms with van der Waals surface area (Å²) in [5.41, 5.74) is 0.392. The van der Waals surface area contributed by atoms with Gasteiger partial charge in [0.1, 0.15) is 6.10 Å². The van der Waals surface area contributed by atoms with Gasteiger partial charge in [0.05, 0.1) is 0 Å². The molecule has 1 unspecified atom stereocenters. The third kappa shape index (κ3) is 3.80. The van der Waals surface area contributed by atoms with Gasteiger partial charge in [-0.3, -0.25) is 0 Å². The Morgan fingerprint density at radius 2 is 1.74 bits per heavy atom. The highest BCUT2D eigenvalue weighted by atomic mass is 19.3. The highest BCUT2D eigenvalue weighted by Gasteiger charge is 2.58. The van der Waals surface area contributed by atoms with Crippen molar-refractivity contribution in [3.63, 3.8) is 0 Å². The molecule has 0 saturated heterocycles. The van der Waals surface area contributed by atoms with Gasteiger partial charge in [-0.2, -0.15) is 17.6 Å². The molecule has 1 atom stereocenters. The Bertz CT molecular complexity index is 415. The summed E-state index contributed by atoms with van der Waals surface area (Å²) in [6.07, 6.45) is -1.46. The minimum atomic E-state index is -4.48. The van der Waals surface area contributed by atoms with Gasteiger partial charge in [0.25, 0.3) is 0 Å². The van der Waals surface area contributed by atoms with E-state index < -0.39 is 17.9 Å². The summed E-state index contributed by atoms with van der Waals surface area (Å²) < 4.78 is 53.8. The molecule has 1 N–H and O–H groups in total. The summed E-state index contributed by atoms with van der Waals surface area (Å²) in [7, 11) is 0. The molecular formula is C14H16F4O. The van der Waals surface area contributed by atoms with Crippen LogP contribution in [0.25, 0.3) is 6.08 Å². The summed E-state index contributed by atoms with van der Waals surface area (Å²) in [6, 6.07) is 7.96. The second kappa shape index (κ2) is 6.19. The maximum absolute atomic E-state index is 13.5. The lowest BCUT2D eigenvalue weighted by Crippen LogP contribution is -2.48. The van der Waals surface area contributed by atoms with E-state index in [4.69, 9.17) is 5.11 Å². The van der Waals surface area contributed by atoms with Crippen LogP contribution >= 0.6 is 0 Å². The second-order valence-corrected chi connectivity index (χ2v) is 4.29. The Labute approximate surface area is 109 Å². The number of allylic oxidation sites excluding steroid dienone is 1. The first-order valence-corrected chi connectivity index (χ1v) is 5.99. The Balaban J connectivity index is 2.88. The lowest BCUT2D eigenvalue weighted by atomic mass is 10.0. The first kappa shape index (κ1) is 15.7. The quantitative estimate of drug-likeness (QED) is 0.774. The molecule has 0 aliphatic carbocycles. The van der Waals surface area contributed by atoms with Gasteiger partial charge in [-0.1, -0.05) is 49.8 Å². The molecule has 5 heteroatoms. The maximum Gasteiger partial charge on any atom is 0.339 e. The molecule has 0 heterocycles. The van der Waals surface area contributed by atoms with Crippen LogP contribution in [0.5, 0.6) is 0 Å². The molecule has 0 bridgehead atoms. The number of benzene rings is 1. The van der Waals surface area contributed by atoms with Crippen molar-refractivity contribution in [3.8, 4) is 0 Å². The third-order valence-electron chi connectivity index (χ3n) is 2.71. The minimum Gasteiger partial charge on any atom is -0.387 e. The van der Waals surface area contributed by atoms with E-state index in [9.17, 15) is 17.6 Å². The molecule has 106 valence electrons. The normalized spacial score (nSPS) is 14.8. The average molecular weight is 276 g/mol. The van der Waals surface area contributed by atoms with Crippen molar-refractivity contribution in [2.24, 2.45) is 0 Å². The lowest BCUT2D eigenvalue weighted by Gasteiger charge is -2.28. The van der Waals surface area contributed by atoms with Crippen molar-refractivity contribution in [1.29, 1.82) is 0 Å². The zero-order chi connectivity index (χ0) is 14.5. The predicted molar refractivity (Wildman–Crippen MR) is 66.3 cm³/mol. The third-order valence-corrected chi connectivity index (χ3v) is 2.71.